The van der Waals surface area contributed by atoms with Crippen LogP contribution in [-0.2, 0) is 10.3 Å². The maximum atomic E-state index is 13.7. The van der Waals surface area contributed by atoms with E-state index in [-0.39, 0.29) is 22.6 Å². The van der Waals surface area contributed by atoms with E-state index in [0.29, 0.717) is 23.4 Å². The van der Waals surface area contributed by atoms with Crippen molar-refractivity contribution in [1.29, 1.82) is 0 Å². The van der Waals surface area contributed by atoms with Gasteiger partial charge in [0, 0.05) is 16.5 Å². The van der Waals surface area contributed by atoms with Crippen LogP contribution in [0.3, 0.4) is 0 Å². The highest BCUT2D eigenvalue weighted by atomic mass is 19.4. The first-order chi connectivity index (χ1) is 22.2. The first-order valence-corrected chi connectivity index (χ1v) is 14.6. The number of ketones is 1. The van der Waals surface area contributed by atoms with E-state index in [0.717, 1.165) is 16.7 Å². The van der Waals surface area contributed by atoms with Crippen molar-refractivity contribution < 1.29 is 27.5 Å². The molecule has 0 bridgehead atoms. The molecule has 1 amide bonds. The van der Waals surface area contributed by atoms with Gasteiger partial charge in [-0.1, -0.05) is 103 Å². The van der Waals surface area contributed by atoms with Crippen molar-refractivity contribution in [3.63, 3.8) is 0 Å². The molecule has 1 N–H and O–H groups in total. The zero-order chi connectivity index (χ0) is 32.3. The number of hydrogen-bond donors (Lipinski definition) is 1. The zero-order valence-electron chi connectivity index (χ0n) is 24.7. The molecule has 0 saturated heterocycles. The molecule has 0 unspecified atom stereocenters. The molecule has 0 aliphatic carbocycles. The highest BCUT2D eigenvalue weighted by Gasteiger charge is 2.43. The topological polar surface area (TPSA) is 73.2 Å². The lowest BCUT2D eigenvalue weighted by atomic mass is 9.77. The van der Waals surface area contributed by atoms with Gasteiger partial charge in [0.25, 0.3) is 0 Å². The number of nitrogens with one attached hydrogen (secondary N) is 1. The van der Waals surface area contributed by atoms with E-state index in [1.54, 1.807) is 41.1 Å². The smallest absolute Gasteiger partial charge is 0.471 e. The predicted octanol–water partition coefficient (Wildman–Crippen LogP) is 8.01. The number of rotatable bonds is 9. The van der Waals surface area contributed by atoms with Crippen LogP contribution in [0.5, 0.6) is 5.75 Å². The van der Waals surface area contributed by atoms with E-state index in [9.17, 15) is 22.8 Å². The molecule has 230 valence electrons. The van der Waals surface area contributed by atoms with Gasteiger partial charge in [0.15, 0.2) is 11.6 Å². The fourth-order valence-corrected chi connectivity index (χ4v) is 5.75. The largest absolute Gasteiger partial charge is 0.494 e. The van der Waals surface area contributed by atoms with E-state index >= 15 is 0 Å². The third kappa shape index (κ3) is 5.51. The summed E-state index contributed by atoms with van der Waals surface area (Å²) in [7, 11) is 0. The fraction of sp³-hybridized carbons (Fsp3) is 0.108. The number of benzene rings is 5. The SMILES string of the molecule is CCOc1cccc(C(=O)c2ccc3c(c2)c(NC(=O)C(F)(F)F)nn3C(c2ccccc2)(c2ccccc2)c2ccccc2)c1. The molecule has 0 aliphatic heterocycles. The van der Waals surface area contributed by atoms with Gasteiger partial charge in [-0.05, 0) is 53.9 Å². The van der Waals surface area contributed by atoms with E-state index in [1.807, 2.05) is 103 Å². The highest BCUT2D eigenvalue weighted by Crippen LogP contribution is 2.43. The van der Waals surface area contributed by atoms with Crippen molar-refractivity contribution in [3.05, 3.63) is 161 Å². The standard InChI is InChI=1S/C37H28F3N3O3/c1-2-46-30-20-12-13-25(23-30)33(44)26-21-22-32-31(24-26)34(41-35(45)37(38,39)40)42-43(32)36(27-14-6-3-7-15-27,28-16-8-4-9-17-28)29-18-10-5-11-19-29/h3-24H,2H2,1H3,(H,41,42,45). The average molecular weight is 620 g/mol. The van der Waals surface area contributed by atoms with Gasteiger partial charge in [-0.2, -0.15) is 18.3 Å². The van der Waals surface area contributed by atoms with E-state index in [2.05, 4.69) is 0 Å². The average Bonchev–Trinajstić information content (AvgIpc) is 3.43. The minimum Gasteiger partial charge on any atom is -0.494 e. The first kappa shape index (κ1) is 30.3. The third-order valence-electron chi connectivity index (χ3n) is 7.73. The summed E-state index contributed by atoms with van der Waals surface area (Å²) in [6.07, 6.45) is -5.17. The number of fused-ring (bicyclic) bond motifs is 1. The van der Waals surface area contributed by atoms with Crippen molar-refractivity contribution in [2.75, 3.05) is 11.9 Å². The fourth-order valence-electron chi connectivity index (χ4n) is 5.75. The molecular weight excluding hydrogens is 591 g/mol. The lowest BCUT2D eigenvalue weighted by Crippen LogP contribution is -2.38. The predicted molar refractivity (Wildman–Crippen MR) is 170 cm³/mol. The molecule has 46 heavy (non-hydrogen) atoms. The number of ether oxygens (including phenoxy) is 1. The molecule has 1 heterocycles. The Hall–Kier alpha value is -5.70. The summed E-state index contributed by atoms with van der Waals surface area (Å²) in [5.74, 6) is -2.37. The van der Waals surface area contributed by atoms with Crippen LogP contribution in [0.15, 0.2) is 133 Å². The van der Waals surface area contributed by atoms with Crippen molar-refractivity contribution in [1.82, 2.24) is 9.78 Å². The zero-order valence-corrected chi connectivity index (χ0v) is 24.7. The molecule has 6 nitrogen and oxygen atoms in total. The Labute approximate surface area is 263 Å². The number of amides is 1. The summed E-state index contributed by atoms with van der Waals surface area (Å²) in [6, 6.07) is 39.8. The molecule has 0 atom stereocenters. The molecule has 0 fully saturated rings. The molecule has 6 rings (SSSR count). The summed E-state index contributed by atoms with van der Waals surface area (Å²) in [6.45, 7) is 2.24. The molecule has 0 radical (unpaired) electrons. The van der Waals surface area contributed by atoms with Gasteiger partial charge in [0.1, 0.15) is 11.3 Å². The lowest BCUT2D eigenvalue weighted by molar-refractivity contribution is -0.167. The maximum absolute atomic E-state index is 13.7. The van der Waals surface area contributed by atoms with Crippen LogP contribution in [0.2, 0.25) is 0 Å². The summed E-state index contributed by atoms with van der Waals surface area (Å²) in [4.78, 5) is 26.0. The summed E-state index contributed by atoms with van der Waals surface area (Å²) in [5, 5.41) is 6.85. The number of alkyl halides is 3. The number of aromatic nitrogens is 2. The Morgan fingerprint density at radius 3 is 1.78 bits per heavy atom. The number of carbonyl (C=O) groups excluding carboxylic acids is 2. The van der Waals surface area contributed by atoms with Crippen LogP contribution in [0, 0.1) is 0 Å². The van der Waals surface area contributed by atoms with Crippen LogP contribution < -0.4 is 10.1 Å². The van der Waals surface area contributed by atoms with Gasteiger partial charge in [-0.25, -0.2) is 4.68 Å². The molecular formula is C37H28F3N3O3. The number of hydrogen-bond acceptors (Lipinski definition) is 4. The summed E-state index contributed by atoms with van der Waals surface area (Å²) < 4.78 is 47.9. The summed E-state index contributed by atoms with van der Waals surface area (Å²) >= 11 is 0. The molecule has 5 aromatic carbocycles. The molecule has 0 aliphatic rings. The Bertz CT molecular complexity index is 1910. The maximum Gasteiger partial charge on any atom is 0.471 e. The van der Waals surface area contributed by atoms with Crippen LogP contribution >= 0.6 is 0 Å². The Morgan fingerprint density at radius 1 is 0.717 bits per heavy atom. The van der Waals surface area contributed by atoms with E-state index in [1.165, 1.54) is 6.07 Å². The van der Waals surface area contributed by atoms with Crippen molar-refractivity contribution in [2.24, 2.45) is 0 Å². The van der Waals surface area contributed by atoms with Gasteiger partial charge in [-0.15, -0.1) is 0 Å². The molecule has 6 aromatic rings. The quantitative estimate of drug-likeness (QED) is 0.132. The molecule has 0 saturated carbocycles. The molecule has 1 aromatic heterocycles. The normalized spacial score (nSPS) is 11.7. The number of carbonyl (C=O) groups is 2. The minimum absolute atomic E-state index is 0.164. The van der Waals surface area contributed by atoms with Gasteiger partial charge in [0.2, 0.25) is 0 Å². The number of halogens is 3. The van der Waals surface area contributed by atoms with Crippen LogP contribution in [0.1, 0.15) is 39.5 Å². The Balaban J connectivity index is 1.65. The summed E-state index contributed by atoms with van der Waals surface area (Å²) in [5.41, 5.74) is 2.07. The monoisotopic (exact) mass is 619 g/mol. The van der Waals surface area contributed by atoms with Gasteiger partial charge < -0.3 is 10.1 Å². The highest BCUT2D eigenvalue weighted by molar-refractivity contribution is 6.12. The van der Waals surface area contributed by atoms with Crippen LogP contribution in [0.25, 0.3) is 10.9 Å². The van der Waals surface area contributed by atoms with E-state index in [4.69, 9.17) is 9.84 Å². The third-order valence-corrected chi connectivity index (χ3v) is 7.73. The van der Waals surface area contributed by atoms with E-state index < -0.39 is 17.6 Å². The molecule has 0 spiro atoms. The Kier molecular flexibility index (Phi) is 8.15. The van der Waals surface area contributed by atoms with Gasteiger partial charge in [0.05, 0.1) is 12.1 Å². The van der Waals surface area contributed by atoms with Gasteiger partial charge in [-0.3, -0.25) is 9.59 Å². The second-order valence-corrected chi connectivity index (χ2v) is 10.5. The second kappa shape index (κ2) is 12.4. The van der Waals surface area contributed by atoms with Crippen LogP contribution in [-0.4, -0.2) is 34.3 Å². The first-order valence-electron chi connectivity index (χ1n) is 14.6. The van der Waals surface area contributed by atoms with Crippen molar-refractivity contribution >= 4 is 28.4 Å². The number of anilines is 1. The number of nitrogens with zero attached hydrogens (tertiary/aromatic N) is 2. The van der Waals surface area contributed by atoms with Crippen molar-refractivity contribution in [2.45, 2.75) is 18.6 Å². The lowest BCUT2D eigenvalue weighted by Gasteiger charge is -2.37. The Morgan fingerprint density at radius 2 is 1.26 bits per heavy atom. The molecule has 9 heteroatoms. The van der Waals surface area contributed by atoms with Crippen molar-refractivity contribution in [3.8, 4) is 5.75 Å². The minimum atomic E-state index is -5.17. The van der Waals surface area contributed by atoms with Crippen LogP contribution in [0.4, 0.5) is 19.0 Å². The second-order valence-electron chi connectivity index (χ2n) is 10.5. The van der Waals surface area contributed by atoms with Gasteiger partial charge >= 0.3 is 12.1 Å².